The van der Waals surface area contributed by atoms with E-state index < -0.39 is 11.7 Å². The van der Waals surface area contributed by atoms with Gasteiger partial charge in [-0.25, -0.2) is 0 Å². The third-order valence-corrected chi connectivity index (χ3v) is 5.02. The van der Waals surface area contributed by atoms with Gasteiger partial charge in [0.2, 0.25) is 0 Å². The van der Waals surface area contributed by atoms with Crippen LogP contribution < -0.4 is 4.74 Å². The van der Waals surface area contributed by atoms with Crippen LogP contribution in [-0.2, 0) is 11.6 Å². The number of hydrogen-bond acceptors (Lipinski definition) is 1. The molecule has 0 amide bonds. The summed E-state index contributed by atoms with van der Waals surface area (Å²) in [6.45, 7) is 2.75. The van der Waals surface area contributed by atoms with Gasteiger partial charge in [-0.05, 0) is 43.7 Å². The smallest absolute Gasteiger partial charge is 0.416 e. The molecule has 1 aliphatic carbocycles. The minimum absolute atomic E-state index is 0.0366. The molecule has 1 saturated carbocycles. The second kappa shape index (κ2) is 4.68. The minimum Gasteiger partial charge on any atom is -0.492 e. The molecule has 0 bridgehead atoms. The molecule has 0 aromatic heterocycles. The lowest BCUT2D eigenvalue weighted by Gasteiger charge is -2.36. The van der Waals surface area contributed by atoms with Crippen LogP contribution in [0.15, 0.2) is 18.2 Å². The number of ether oxygens (including phenoxy) is 1. The Labute approximate surface area is 117 Å². The Kier molecular flexibility index (Phi) is 3.22. The molecule has 3 rings (SSSR count). The van der Waals surface area contributed by atoms with E-state index >= 15 is 0 Å². The Morgan fingerprint density at radius 2 is 1.95 bits per heavy atom. The van der Waals surface area contributed by atoms with Gasteiger partial charge in [0.25, 0.3) is 0 Å². The highest BCUT2D eigenvalue weighted by Crippen LogP contribution is 2.50. The van der Waals surface area contributed by atoms with Crippen molar-refractivity contribution in [3.63, 3.8) is 0 Å². The largest absolute Gasteiger partial charge is 0.492 e. The summed E-state index contributed by atoms with van der Waals surface area (Å²) in [6, 6.07) is 3.99. The summed E-state index contributed by atoms with van der Waals surface area (Å²) in [4.78, 5) is 0. The van der Waals surface area contributed by atoms with E-state index in [9.17, 15) is 13.2 Å². The molecule has 1 aromatic rings. The van der Waals surface area contributed by atoms with E-state index in [1.54, 1.807) is 6.07 Å². The molecule has 1 aliphatic heterocycles. The Hall–Kier alpha value is -1.19. The summed E-state index contributed by atoms with van der Waals surface area (Å²) in [7, 11) is 0. The molecular formula is C16H19F3O. The first-order valence-electron chi connectivity index (χ1n) is 7.29. The molecule has 110 valence electrons. The zero-order valence-corrected chi connectivity index (χ0v) is 11.6. The first kappa shape index (κ1) is 13.8. The maximum Gasteiger partial charge on any atom is 0.416 e. The van der Waals surface area contributed by atoms with Crippen molar-refractivity contribution in [2.75, 3.05) is 6.61 Å². The molecule has 0 atom stereocenters. The first-order valence-corrected chi connectivity index (χ1v) is 7.29. The normalized spacial score (nSPS) is 29.3. The summed E-state index contributed by atoms with van der Waals surface area (Å²) in [5.41, 5.74) is 0.334. The van der Waals surface area contributed by atoms with Crippen LogP contribution in [-0.4, -0.2) is 6.61 Å². The van der Waals surface area contributed by atoms with Crippen molar-refractivity contribution >= 4 is 0 Å². The number of fused-ring (bicyclic) bond motifs is 2. The van der Waals surface area contributed by atoms with Crippen molar-refractivity contribution in [2.45, 2.75) is 50.6 Å². The lowest BCUT2D eigenvalue weighted by molar-refractivity contribution is -0.137. The minimum atomic E-state index is -4.30. The van der Waals surface area contributed by atoms with Crippen LogP contribution in [0.1, 0.15) is 50.2 Å². The third kappa shape index (κ3) is 2.19. The van der Waals surface area contributed by atoms with Crippen LogP contribution in [0.5, 0.6) is 5.75 Å². The van der Waals surface area contributed by atoms with E-state index in [0.29, 0.717) is 12.4 Å². The van der Waals surface area contributed by atoms with Crippen LogP contribution in [0.4, 0.5) is 13.2 Å². The van der Waals surface area contributed by atoms with Gasteiger partial charge < -0.3 is 4.74 Å². The van der Waals surface area contributed by atoms with Gasteiger partial charge in [0, 0.05) is 11.0 Å². The van der Waals surface area contributed by atoms with Gasteiger partial charge in [0.05, 0.1) is 12.2 Å². The van der Waals surface area contributed by atoms with Gasteiger partial charge in [0.15, 0.2) is 0 Å². The highest BCUT2D eigenvalue weighted by atomic mass is 19.4. The number of rotatable bonds is 1. The van der Waals surface area contributed by atoms with Gasteiger partial charge >= 0.3 is 6.18 Å². The summed E-state index contributed by atoms with van der Waals surface area (Å²) >= 11 is 0. The Morgan fingerprint density at radius 3 is 2.55 bits per heavy atom. The number of hydrogen-bond donors (Lipinski definition) is 0. The molecule has 4 heteroatoms. The van der Waals surface area contributed by atoms with Crippen molar-refractivity contribution in [2.24, 2.45) is 5.92 Å². The van der Waals surface area contributed by atoms with E-state index in [1.807, 2.05) is 0 Å². The summed E-state index contributed by atoms with van der Waals surface area (Å²) in [5, 5.41) is 0. The highest BCUT2D eigenvalue weighted by Gasteiger charge is 2.44. The van der Waals surface area contributed by atoms with Crippen molar-refractivity contribution in [3.8, 4) is 5.75 Å². The predicted molar refractivity (Wildman–Crippen MR) is 70.9 cm³/mol. The fourth-order valence-electron chi connectivity index (χ4n) is 3.60. The summed E-state index contributed by atoms with van der Waals surface area (Å²) in [6.07, 6.45) is 1.26. The van der Waals surface area contributed by atoms with Crippen LogP contribution >= 0.6 is 0 Å². The molecule has 0 saturated heterocycles. The van der Waals surface area contributed by atoms with E-state index in [0.717, 1.165) is 43.2 Å². The van der Waals surface area contributed by atoms with E-state index in [4.69, 9.17) is 4.74 Å². The Balaban J connectivity index is 1.88. The second-order valence-corrected chi connectivity index (χ2v) is 6.13. The average molecular weight is 284 g/mol. The Bertz CT molecular complexity index is 499. The zero-order valence-electron chi connectivity index (χ0n) is 11.6. The molecule has 1 aromatic carbocycles. The maximum absolute atomic E-state index is 12.7. The molecule has 0 N–H and O–H groups in total. The number of benzene rings is 1. The Morgan fingerprint density at radius 1 is 1.25 bits per heavy atom. The molecule has 1 fully saturated rings. The van der Waals surface area contributed by atoms with Gasteiger partial charge in [-0.3, -0.25) is 0 Å². The van der Waals surface area contributed by atoms with Crippen LogP contribution in [0.25, 0.3) is 0 Å². The SMILES string of the molecule is CC[C@H]1CC[C@@]2(CC1)COc1cc(C(F)(F)F)ccc12. The molecule has 0 unspecified atom stereocenters. The first-order chi connectivity index (χ1) is 9.44. The predicted octanol–water partition coefficient (Wildman–Crippen LogP) is 4.94. The number of halogens is 3. The number of alkyl halides is 3. The van der Waals surface area contributed by atoms with Crippen molar-refractivity contribution in [1.82, 2.24) is 0 Å². The lowest BCUT2D eigenvalue weighted by Crippen LogP contribution is -2.33. The van der Waals surface area contributed by atoms with Gasteiger partial charge in [0.1, 0.15) is 5.75 Å². The molecule has 0 radical (unpaired) electrons. The molecule has 20 heavy (non-hydrogen) atoms. The highest BCUT2D eigenvalue weighted by molar-refractivity contribution is 5.47. The lowest BCUT2D eigenvalue weighted by atomic mass is 9.67. The molecular weight excluding hydrogens is 265 g/mol. The van der Waals surface area contributed by atoms with Crippen LogP contribution in [0.2, 0.25) is 0 Å². The van der Waals surface area contributed by atoms with E-state index in [-0.39, 0.29) is 5.41 Å². The maximum atomic E-state index is 12.7. The van der Waals surface area contributed by atoms with Crippen LogP contribution in [0, 0.1) is 5.92 Å². The summed E-state index contributed by atoms with van der Waals surface area (Å²) < 4.78 is 43.8. The van der Waals surface area contributed by atoms with Gasteiger partial charge in [-0.15, -0.1) is 0 Å². The average Bonchev–Trinajstić information content (AvgIpc) is 2.77. The fraction of sp³-hybridized carbons (Fsp3) is 0.625. The zero-order chi connectivity index (χ0) is 14.4. The fourth-order valence-corrected chi connectivity index (χ4v) is 3.60. The molecule has 1 nitrogen and oxygen atoms in total. The van der Waals surface area contributed by atoms with Crippen LogP contribution in [0.3, 0.4) is 0 Å². The quantitative estimate of drug-likeness (QED) is 0.710. The topological polar surface area (TPSA) is 9.23 Å². The summed E-state index contributed by atoms with van der Waals surface area (Å²) in [5.74, 6) is 1.20. The second-order valence-electron chi connectivity index (χ2n) is 6.13. The van der Waals surface area contributed by atoms with Crippen molar-refractivity contribution < 1.29 is 17.9 Å². The molecule has 1 heterocycles. The van der Waals surface area contributed by atoms with Crippen molar-refractivity contribution in [1.29, 1.82) is 0 Å². The molecule has 1 spiro atoms. The molecule has 2 aliphatic rings. The van der Waals surface area contributed by atoms with Gasteiger partial charge in [-0.2, -0.15) is 13.2 Å². The standard InChI is InChI=1S/C16H19F3O/c1-2-11-5-7-15(8-6-11)10-20-14-9-12(16(17,18)19)3-4-13(14)15/h3-4,9,11H,2,5-8,10H2,1H3/t11-,15+. The third-order valence-electron chi connectivity index (χ3n) is 5.02. The monoisotopic (exact) mass is 284 g/mol. The van der Waals surface area contributed by atoms with E-state index in [2.05, 4.69) is 6.92 Å². The van der Waals surface area contributed by atoms with E-state index in [1.165, 1.54) is 12.5 Å². The van der Waals surface area contributed by atoms with Gasteiger partial charge in [-0.1, -0.05) is 19.4 Å². The van der Waals surface area contributed by atoms with Crippen molar-refractivity contribution in [3.05, 3.63) is 29.3 Å².